The lowest BCUT2D eigenvalue weighted by atomic mass is 9.77. The van der Waals surface area contributed by atoms with Gasteiger partial charge < -0.3 is 5.32 Å². The molecule has 1 saturated heterocycles. The van der Waals surface area contributed by atoms with Gasteiger partial charge in [0, 0.05) is 5.56 Å². The summed E-state index contributed by atoms with van der Waals surface area (Å²) < 4.78 is 0. The maximum Gasteiger partial charge on any atom is 0.344 e. The number of urea groups is 1. The molecule has 1 spiro atoms. The summed E-state index contributed by atoms with van der Waals surface area (Å²) in [6.07, 6.45) is 2.93. The number of carbonyl (C=O) groups excluding carboxylic acids is 3. The maximum atomic E-state index is 12.7. The fraction of sp³-hybridized carbons (Fsp3) is 0.438. The lowest BCUT2D eigenvalue weighted by Gasteiger charge is -2.33. The van der Waals surface area contributed by atoms with Crippen LogP contribution < -0.4 is 10.7 Å². The smallest absolute Gasteiger partial charge is 0.322 e. The Labute approximate surface area is 143 Å². The zero-order valence-electron chi connectivity index (χ0n) is 13.7. The van der Waals surface area contributed by atoms with Crippen molar-refractivity contribution in [3.05, 3.63) is 23.8 Å². The first-order valence-electron chi connectivity index (χ1n) is 8.27. The topological polar surface area (TPSA) is 120 Å². The third-order valence-electron chi connectivity index (χ3n) is 5.08. The molecule has 0 unspecified atom stereocenters. The quantitative estimate of drug-likeness (QED) is 0.706. The van der Waals surface area contributed by atoms with Gasteiger partial charge in [-0.05, 0) is 49.8 Å². The third kappa shape index (κ3) is 2.51. The van der Waals surface area contributed by atoms with Crippen molar-refractivity contribution >= 4 is 28.9 Å². The summed E-state index contributed by atoms with van der Waals surface area (Å²) in [6, 6.07) is 4.17. The fourth-order valence-corrected chi connectivity index (χ4v) is 3.46. The summed E-state index contributed by atoms with van der Waals surface area (Å²) in [5.74, 6) is -0.400. The van der Waals surface area contributed by atoms with Crippen LogP contribution in [-0.2, 0) is 4.79 Å². The number of hydrogen-bond donors (Lipinski definition) is 3. The molecule has 4 rings (SSSR count). The number of hydrogen-bond acceptors (Lipinski definition) is 5. The van der Waals surface area contributed by atoms with Crippen molar-refractivity contribution < 1.29 is 14.4 Å². The number of nitrogens with zero attached hydrogens (tertiary/aromatic N) is 3. The van der Waals surface area contributed by atoms with Crippen LogP contribution in [0.5, 0.6) is 0 Å². The van der Waals surface area contributed by atoms with Crippen molar-refractivity contribution in [2.24, 2.45) is 5.92 Å². The van der Waals surface area contributed by atoms with Gasteiger partial charge in [0.15, 0.2) is 0 Å². The number of amides is 4. The number of fused-ring (bicyclic) bond motifs is 1. The normalized spacial score (nSPS) is 26.3. The van der Waals surface area contributed by atoms with Crippen LogP contribution in [0.25, 0.3) is 11.0 Å². The summed E-state index contributed by atoms with van der Waals surface area (Å²) in [5, 5.41) is 13.9. The van der Waals surface area contributed by atoms with Crippen molar-refractivity contribution in [3.8, 4) is 0 Å². The van der Waals surface area contributed by atoms with Crippen LogP contribution >= 0.6 is 0 Å². The molecule has 0 radical (unpaired) electrons. The molecule has 9 nitrogen and oxygen atoms in total. The van der Waals surface area contributed by atoms with Crippen molar-refractivity contribution in [1.29, 1.82) is 0 Å². The molecule has 130 valence electrons. The largest absolute Gasteiger partial charge is 0.344 e. The molecule has 2 aromatic rings. The van der Waals surface area contributed by atoms with Gasteiger partial charge in [-0.2, -0.15) is 20.4 Å². The minimum Gasteiger partial charge on any atom is -0.322 e. The van der Waals surface area contributed by atoms with E-state index in [1.54, 1.807) is 18.2 Å². The third-order valence-corrected chi connectivity index (χ3v) is 5.08. The molecule has 1 aliphatic heterocycles. The van der Waals surface area contributed by atoms with Gasteiger partial charge in [0.1, 0.15) is 16.6 Å². The van der Waals surface area contributed by atoms with E-state index in [1.807, 2.05) is 0 Å². The Morgan fingerprint density at radius 1 is 1.24 bits per heavy atom. The maximum absolute atomic E-state index is 12.7. The first kappa shape index (κ1) is 15.6. The van der Waals surface area contributed by atoms with E-state index in [2.05, 4.69) is 33.1 Å². The number of benzene rings is 1. The zero-order valence-corrected chi connectivity index (χ0v) is 13.7. The van der Waals surface area contributed by atoms with E-state index < -0.39 is 17.5 Å². The zero-order chi connectivity index (χ0) is 17.6. The van der Waals surface area contributed by atoms with Gasteiger partial charge in [0.05, 0.1) is 0 Å². The van der Waals surface area contributed by atoms with Crippen LogP contribution in [0.15, 0.2) is 18.2 Å². The Morgan fingerprint density at radius 2 is 1.96 bits per heavy atom. The molecule has 1 aromatic carbocycles. The average Bonchev–Trinajstić information content (AvgIpc) is 3.16. The summed E-state index contributed by atoms with van der Waals surface area (Å²) in [7, 11) is 0. The molecule has 2 fully saturated rings. The first-order chi connectivity index (χ1) is 12.0. The highest BCUT2D eigenvalue weighted by molar-refractivity contribution is 6.09. The van der Waals surface area contributed by atoms with E-state index in [0.29, 0.717) is 35.4 Å². The molecule has 1 aliphatic carbocycles. The molecular formula is C16H18N6O3. The van der Waals surface area contributed by atoms with Gasteiger partial charge in [0.25, 0.3) is 11.8 Å². The SMILES string of the molecule is CC1CCC2(CC1)NC(=O)N(NC(=O)c1ccc3n[nH]nc3c1)C2=O. The second kappa shape index (κ2) is 5.54. The Balaban J connectivity index is 1.52. The van der Waals surface area contributed by atoms with Crippen LogP contribution in [0.3, 0.4) is 0 Å². The van der Waals surface area contributed by atoms with Crippen LogP contribution in [0.4, 0.5) is 4.79 Å². The molecule has 1 saturated carbocycles. The van der Waals surface area contributed by atoms with Crippen molar-refractivity contribution in [2.75, 3.05) is 0 Å². The van der Waals surface area contributed by atoms with Crippen LogP contribution in [0, 0.1) is 5.92 Å². The van der Waals surface area contributed by atoms with Crippen LogP contribution in [0.1, 0.15) is 43.0 Å². The first-order valence-corrected chi connectivity index (χ1v) is 8.27. The Kier molecular flexibility index (Phi) is 3.45. The van der Waals surface area contributed by atoms with E-state index in [0.717, 1.165) is 17.9 Å². The van der Waals surface area contributed by atoms with Crippen molar-refractivity contribution in [2.45, 2.75) is 38.1 Å². The molecule has 9 heteroatoms. The Hall–Kier alpha value is -2.97. The predicted molar refractivity (Wildman–Crippen MR) is 87.1 cm³/mol. The second-order valence-corrected chi connectivity index (χ2v) is 6.80. The van der Waals surface area contributed by atoms with Gasteiger partial charge in [-0.1, -0.05) is 6.92 Å². The Morgan fingerprint density at radius 3 is 2.72 bits per heavy atom. The summed E-state index contributed by atoms with van der Waals surface area (Å²) in [6.45, 7) is 2.13. The lowest BCUT2D eigenvalue weighted by Crippen LogP contribution is -2.51. The van der Waals surface area contributed by atoms with Gasteiger partial charge in [-0.15, -0.1) is 0 Å². The summed E-state index contributed by atoms with van der Waals surface area (Å²) >= 11 is 0. The van der Waals surface area contributed by atoms with Crippen molar-refractivity contribution in [3.63, 3.8) is 0 Å². The molecule has 3 N–H and O–H groups in total. The Bertz CT molecular complexity index is 868. The molecule has 2 aliphatic rings. The molecule has 0 atom stereocenters. The van der Waals surface area contributed by atoms with E-state index in [9.17, 15) is 14.4 Å². The van der Waals surface area contributed by atoms with E-state index in [4.69, 9.17) is 0 Å². The van der Waals surface area contributed by atoms with Gasteiger partial charge in [-0.25, -0.2) is 4.79 Å². The number of rotatable bonds is 2. The molecular weight excluding hydrogens is 324 g/mol. The second-order valence-electron chi connectivity index (χ2n) is 6.80. The number of imide groups is 1. The van der Waals surface area contributed by atoms with Gasteiger partial charge in [-0.3, -0.25) is 15.0 Å². The highest BCUT2D eigenvalue weighted by Gasteiger charge is 2.52. The average molecular weight is 342 g/mol. The molecule has 0 bridgehead atoms. The van der Waals surface area contributed by atoms with Crippen molar-refractivity contribution in [1.82, 2.24) is 31.2 Å². The number of carbonyl (C=O) groups is 3. The van der Waals surface area contributed by atoms with Gasteiger partial charge >= 0.3 is 6.03 Å². The standard InChI is InChI=1S/C16H18N6O3/c1-9-4-6-16(7-5-9)14(24)22(15(25)17-16)20-13(23)10-2-3-11-12(8-10)19-21-18-11/h2-3,8-9H,4-7H2,1H3,(H,17,25)(H,20,23)(H,18,19,21). The van der Waals surface area contributed by atoms with Crippen LogP contribution in [0.2, 0.25) is 0 Å². The van der Waals surface area contributed by atoms with Crippen LogP contribution in [-0.4, -0.2) is 43.8 Å². The number of H-pyrrole nitrogens is 1. The number of nitrogens with one attached hydrogen (secondary N) is 3. The molecule has 1 aromatic heterocycles. The summed E-state index contributed by atoms with van der Waals surface area (Å²) in [4.78, 5) is 37.4. The van der Waals surface area contributed by atoms with Gasteiger partial charge in [0.2, 0.25) is 0 Å². The summed E-state index contributed by atoms with van der Waals surface area (Å²) in [5.41, 5.74) is 2.98. The highest BCUT2D eigenvalue weighted by Crippen LogP contribution is 2.35. The number of aromatic nitrogens is 3. The predicted octanol–water partition coefficient (Wildman–Crippen LogP) is 1.10. The monoisotopic (exact) mass is 342 g/mol. The molecule has 4 amide bonds. The number of hydrazine groups is 1. The lowest BCUT2D eigenvalue weighted by molar-refractivity contribution is -0.134. The minimum atomic E-state index is -0.882. The van der Waals surface area contributed by atoms with E-state index in [-0.39, 0.29) is 5.91 Å². The molecule has 25 heavy (non-hydrogen) atoms. The number of aromatic amines is 1. The minimum absolute atomic E-state index is 0.292. The molecule has 2 heterocycles. The fourth-order valence-electron chi connectivity index (χ4n) is 3.46. The highest BCUT2D eigenvalue weighted by atomic mass is 16.2. The van der Waals surface area contributed by atoms with E-state index >= 15 is 0 Å². The van der Waals surface area contributed by atoms with E-state index in [1.165, 1.54) is 0 Å².